The van der Waals surface area contributed by atoms with E-state index in [4.69, 9.17) is 24.3 Å². The first kappa shape index (κ1) is 72.9. The molecule has 0 saturated heterocycles. The topological polar surface area (TPSA) is 134 Å². The predicted octanol–water partition coefficient (Wildman–Crippen LogP) is 19.5. The molecule has 0 bridgehead atoms. The monoisotopic (exact) mass is 1090 g/mol. The van der Waals surface area contributed by atoms with E-state index < -0.39 is 32.5 Å². The van der Waals surface area contributed by atoms with Crippen molar-refractivity contribution in [2.45, 2.75) is 238 Å². The van der Waals surface area contributed by atoms with Gasteiger partial charge in [0.25, 0.3) is 0 Å². The molecule has 0 heterocycles. The summed E-state index contributed by atoms with van der Waals surface area (Å²) in [7, 11) is -4.41. The van der Waals surface area contributed by atoms with Crippen molar-refractivity contribution in [1.82, 2.24) is 0 Å². The Bertz CT molecular complexity index is 1770. The van der Waals surface area contributed by atoms with Crippen LogP contribution < -0.4 is 5.73 Å². The highest BCUT2D eigenvalue weighted by molar-refractivity contribution is 7.47. The molecule has 0 saturated carbocycles. The Hall–Kier alpha value is -4.11. The van der Waals surface area contributed by atoms with E-state index in [2.05, 4.69) is 154 Å². The molecule has 10 heteroatoms. The summed E-state index contributed by atoms with van der Waals surface area (Å²) in [5, 5.41) is 0. The van der Waals surface area contributed by atoms with Gasteiger partial charge in [-0.2, -0.15) is 0 Å². The quantitative estimate of drug-likeness (QED) is 0.0264. The lowest BCUT2D eigenvalue weighted by Crippen LogP contribution is -2.29. The van der Waals surface area contributed by atoms with Gasteiger partial charge in [-0.25, -0.2) is 4.57 Å². The van der Waals surface area contributed by atoms with Gasteiger partial charge in [-0.05, 0) is 109 Å². The second kappa shape index (κ2) is 61.1. The van der Waals surface area contributed by atoms with Crippen molar-refractivity contribution in [2.75, 3.05) is 26.4 Å². The molecule has 2 unspecified atom stereocenters. The number of hydrogen-bond donors (Lipinski definition) is 2. The van der Waals surface area contributed by atoms with Crippen LogP contribution in [0.1, 0.15) is 232 Å². The molecule has 77 heavy (non-hydrogen) atoms. The lowest BCUT2D eigenvalue weighted by atomic mass is 10.0. The Kier molecular flexibility index (Phi) is 57.8. The van der Waals surface area contributed by atoms with E-state index in [9.17, 15) is 19.0 Å². The highest BCUT2D eigenvalue weighted by atomic mass is 31.2. The summed E-state index contributed by atoms with van der Waals surface area (Å²) in [4.78, 5) is 35.2. The molecule has 0 aliphatic carbocycles. The van der Waals surface area contributed by atoms with E-state index in [0.717, 1.165) is 96.3 Å². The fraction of sp³-hybridized carbons (Fsp3) is 0.612. The molecule has 0 aliphatic rings. The summed E-state index contributed by atoms with van der Waals surface area (Å²) in [5.41, 5.74) is 5.38. The smallest absolute Gasteiger partial charge is 0.462 e. The first-order chi connectivity index (χ1) is 37.8. The molecular formula is C67H110NO8P. The molecule has 0 aromatic rings. The van der Waals surface area contributed by atoms with Crippen molar-refractivity contribution in [3.8, 4) is 0 Å². The zero-order valence-corrected chi connectivity index (χ0v) is 49.5. The Morgan fingerprint density at radius 1 is 0.390 bits per heavy atom. The van der Waals surface area contributed by atoms with E-state index in [-0.39, 0.29) is 32.6 Å². The number of carbonyl (C=O) groups is 2. The van der Waals surface area contributed by atoms with Crippen molar-refractivity contribution in [3.63, 3.8) is 0 Å². The molecular weight excluding hydrogens is 978 g/mol. The van der Waals surface area contributed by atoms with Gasteiger partial charge in [-0.1, -0.05) is 256 Å². The van der Waals surface area contributed by atoms with Crippen LogP contribution in [0, 0.1) is 0 Å². The number of esters is 2. The number of rotatable bonds is 55. The number of nitrogens with two attached hydrogens (primary N) is 1. The summed E-state index contributed by atoms with van der Waals surface area (Å²) in [5.74, 6) is -0.903. The van der Waals surface area contributed by atoms with Gasteiger partial charge in [-0.15, -0.1) is 0 Å². The Morgan fingerprint density at radius 2 is 0.688 bits per heavy atom. The Morgan fingerprint density at radius 3 is 1.04 bits per heavy atom. The van der Waals surface area contributed by atoms with Crippen LogP contribution in [0.5, 0.6) is 0 Å². The van der Waals surface area contributed by atoms with Crippen LogP contribution >= 0.6 is 7.82 Å². The number of phosphoric acid groups is 1. The van der Waals surface area contributed by atoms with Crippen LogP contribution in [0.3, 0.4) is 0 Å². The summed E-state index contributed by atoms with van der Waals surface area (Å²) < 4.78 is 33.0. The molecule has 2 atom stereocenters. The second-order valence-corrected chi connectivity index (χ2v) is 20.9. The van der Waals surface area contributed by atoms with Gasteiger partial charge in [-0.3, -0.25) is 18.6 Å². The number of unbranched alkanes of at least 4 members (excludes halogenated alkanes) is 18. The zero-order valence-electron chi connectivity index (χ0n) is 48.6. The number of ether oxygens (including phenoxy) is 2. The zero-order chi connectivity index (χ0) is 55.9. The van der Waals surface area contributed by atoms with Crippen LogP contribution in [-0.4, -0.2) is 49.3 Å². The van der Waals surface area contributed by atoms with Gasteiger partial charge in [0, 0.05) is 19.4 Å². The minimum atomic E-state index is -4.41. The number of allylic oxidation sites excluding steroid dienone is 24. The fourth-order valence-corrected chi connectivity index (χ4v) is 8.59. The first-order valence-corrected chi connectivity index (χ1v) is 31.8. The molecule has 0 radical (unpaired) electrons. The van der Waals surface area contributed by atoms with Gasteiger partial charge >= 0.3 is 19.8 Å². The SMILES string of the molecule is CC/C=C\C/C=C\C/C=C\C/C=C\C/C=C\C/C=C\C/C=C\CCCC(=O)OC(COC(=O)CCCCCCCCCCCCCCCCCCC/C=C\C/C=C\C/C=C\C/C=C\C/C=C\CC)COP(=O)(O)OCCN. The Labute approximate surface area is 471 Å². The standard InChI is InChI=1S/C67H110NO8P/c1-3-5-7-9-11-13-15-17-19-21-23-25-27-28-29-30-31-32-33-34-35-36-38-39-41-43-45-47-49-51-53-55-57-59-66(69)73-63-65(64-75-77(71,72)74-62-61-68)76-67(70)60-58-56-54-52-50-48-46-44-42-40-37-26-24-22-20-18-16-14-12-10-8-6-4-2/h5-8,11-14,17-20,23-26,28-29,40,42,46,48,52,54,65H,3-4,9-10,15-16,21-22,27,30-39,41,43-45,47,49-51,53,55-64,68H2,1-2H3,(H,71,72)/b7-5-,8-6-,13-11-,14-12-,19-17-,20-18-,25-23-,26-24-,29-28-,42-40-,48-46-,54-52-. The van der Waals surface area contributed by atoms with E-state index in [0.29, 0.717) is 12.8 Å². The normalized spacial score (nSPS) is 14.1. The number of hydrogen-bond acceptors (Lipinski definition) is 8. The van der Waals surface area contributed by atoms with E-state index >= 15 is 0 Å². The molecule has 0 aromatic heterocycles. The van der Waals surface area contributed by atoms with Crippen molar-refractivity contribution in [2.24, 2.45) is 5.73 Å². The van der Waals surface area contributed by atoms with Gasteiger partial charge in [0.2, 0.25) is 0 Å². The molecule has 436 valence electrons. The molecule has 0 aromatic carbocycles. The molecule has 0 rings (SSSR count). The minimum Gasteiger partial charge on any atom is -0.462 e. The Balaban J connectivity index is 4.02. The summed E-state index contributed by atoms with van der Waals surface area (Å²) in [6.45, 7) is 3.44. The lowest BCUT2D eigenvalue weighted by molar-refractivity contribution is -0.161. The number of phosphoric ester groups is 1. The highest BCUT2D eigenvalue weighted by Crippen LogP contribution is 2.43. The lowest BCUT2D eigenvalue weighted by Gasteiger charge is -2.19. The van der Waals surface area contributed by atoms with Gasteiger partial charge < -0.3 is 20.1 Å². The van der Waals surface area contributed by atoms with Crippen LogP contribution in [0.25, 0.3) is 0 Å². The van der Waals surface area contributed by atoms with Crippen molar-refractivity contribution >= 4 is 19.8 Å². The third-order valence-electron chi connectivity index (χ3n) is 12.2. The van der Waals surface area contributed by atoms with E-state index in [1.54, 1.807) is 0 Å². The minimum absolute atomic E-state index is 0.0373. The maximum absolute atomic E-state index is 12.7. The van der Waals surface area contributed by atoms with E-state index in [1.807, 2.05) is 6.08 Å². The van der Waals surface area contributed by atoms with Crippen molar-refractivity contribution in [3.05, 3.63) is 146 Å². The highest BCUT2D eigenvalue weighted by Gasteiger charge is 2.26. The van der Waals surface area contributed by atoms with Crippen molar-refractivity contribution < 1.29 is 37.6 Å². The van der Waals surface area contributed by atoms with Crippen molar-refractivity contribution in [1.29, 1.82) is 0 Å². The first-order valence-electron chi connectivity index (χ1n) is 30.3. The predicted molar refractivity (Wildman–Crippen MR) is 330 cm³/mol. The third kappa shape index (κ3) is 61.0. The maximum atomic E-state index is 12.7. The van der Waals surface area contributed by atoms with Crippen LogP contribution in [0.4, 0.5) is 0 Å². The molecule has 3 N–H and O–H groups in total. The summed E-state index contributed by atoms with van der Waals surface area (Å²) in [6.07, 6.45) is 87.8. The maximum Gasteiger partial charge on any atom is 0.472 e. The van der Waals surface area contributed by atoms with Gasteiger partial charge in [0.15, 0.2) is 6.10 Å². The largest absolute Gasteiger partial charge is 0.472 e. The van der Waals surface area contributed by atoms with Crippen LogP contribution in [-0.2, 0) is 32.7 Å². The molecule has 0 spiro atoms. The average Bonchev–Trinajstić information content (AvgIpc) is 3.42. The van der Waals surface area contributed by atoms with E-state index in [1.165, 1.54) is 96.3 Å². The van der Waals surface area contributed by atoms with Crippen LogP contribution in [0.2, 0.25) is 0 Å². The molecule has 9 nitrogen and oxygen atoms in total. The molecule has 0 amide bonds. The second-order valence-electron chi connectivity index (χ2n) is 19.5. The average molecular weight is 1090 g/mol. The van der Waals surface area contributed by atoms with Gasteiger partial charge in [0.1, 0.15) is 6.61 Å². The fourth-order valence-electron chi connectivity index (χ4n) is 7.83. The van der Waals surface area contributed by atoms with Crippen LogP contribution in [0.15, 0.2) is 146 Å². The molecule has 0 fully saturated rings. The third-order valence-corrected chi connectivity index (χ3v) is 13.2. The summed E-state index contributed by atoms with van der Waals surface area (Å²) in [6, 6.07) is 0. The van der Waals surface area contributed by atoms with Gasteiger partial charge in [0.05, 0.1) is 13.2 Å². The number of carbonyl (C=O) groups excluding carboxylic acids is 2. The summed E-state index contributed by atoms with van der Waals surface area (Å²) >= 11 is 0. The molecule has 0 aliphatic heterocycles.